The highest BCUT2D eigenvalue weighted by atomic mass is 79.9. The van der Waals surface area contributed by atoms with Gasteiger partial charge in [-0.25, -0.2) is 4.98 Å². The van der Waals surface area contributed by atoms with Gasteiger partial charge >= 0.3 is 0 Å². The standard InChI is InChI=1S/C16H13BrN2/c17-15-9-4-10-16(19-15)18-11-13-7-3-6-12-5-1-2-8-14(12)13/h1-10H,11H2,(H,18,19). The molecule has 0 unspecified atom stereocenters. The summed E-state index contributed by atoms with van der Waals surface area (Å²) in [5.74, 6) is 0.877. The number of rotatable bonds is 3. The number of pyridine rings is 1. The van der Waals surface area contributed by atoms with Crippen LogP contribution >= 0.6 is 15.9 Å². The highest BCUT2D eigenvalue weighted by molar-refractivity contribution is 9.10. The molecular formula is C16H13BrN2. The van der Waals surface area contributed by atoms with E-state index in [9.17, 15) is 0 Å². The molecule has 0 atom stereocenters. The molecule has 0 saturated heterocycles. The van der Waals surface area contributed by atoms with Crippen molar-refractivity contribution in [1.29, 1.82) is 0 Å². The Balaban J connectivity index is 1.86. The van der Waals surface area contributed by atoms with Gasteiger partial charge in [-0.2, -0.15) is 0 Å². The lowest BCUT2D eigenvalue weighted by atomic mass is 10.0. The Morgan fingerprint density at radius 2 is 1.68 bits per heavy atom. The van der Waals surface area contributed by atoms with E-state index in [0.29, 0.717) is 0 Å². The van der Waals surface area contributed by atoms with Crippen LogP contribution in [0.1, 0.15) is 5.56 Å². The van der Waals surface area contributed by atoms with Crippen molar-refractivity contribution in [1.82, 2.24) is 4.98 Å². The third kappa shape index (κ3) is 2.76. The molecule has 0 amide bonds. The van der Waals surface area contributed by atoms with Crippen molar-refractivity contribution in [3.63, 3.8) is 0 Å². The van der Waals surface area contributed by atoms with Crippen molar-refractivity contribution >= 4 is 32.5 Å². The van der Waals surface area contributed by atoms with Gasteiger partial charge in [0.1, 0.15) is 10.4 Å². The second-order valence-corrected chi connectivity index (χ2v) is 5.15. The molecule has 94 valence electrons. The van der Waals surface area contributed by atoms with Gasteiger partial charge in [0.2, 0.25) is 0 Å². The first-order valence-corrected chi connectivity index (χ1v) is 6.95. The van der Waals surface area contributed by atoms with Gasteiger partial charge in [0.15, 0.2) is 0 Å². The van der Waals surface area contributed by atoms with Crippen LogP contribution in [0.4, 0.5) is 5.82 Å². The molecule has 0 aliphatic heterocycles. The SMILES string of the molecule is Brc1cccc(NCc2cccc3ccccc23)n1. The van der Waals surface area contributed by atoms with Crippen LogP contribution in [0.3, 0.4) is 0 Å². The molecule has 0 bridgehead atoms. The van der Waals surface area contributed by atoms with E-state index in [1.165, 1.54) is 16.3 Å². The lowest BCUT2D eigenvalue weighted by Gasteiger charge is -2.09. The smallest absolute Gasteiger partial charge is 0.127 e. The van der Waals surface area contributed by atoms with E-state index in [-0.39, 0.29) is 0 Å². The van der Waals surface area contributed by atoms with Gasteiger partial charge in [-0.3, -0.25) is 0 Å². The predicted molar refractivity (Wildman–Crippen MR) is 83.2 cm³/mol. The van der Waals surface area contributed by atoms with Crippen LogP contribution in [0, 0.1) is 0 Å². The van der Waals surface area contributed by atoms with Crippen molar-refractivity contribution in [3.8, 4) is 0 Å². The first-order chi connectivity index (χ1) is 9.33. The molecule has 19 heavy (non-hydrogen) atoms. The Morgan fingerprint density at radius 1 is 0.895 bits per heavy atom. The minimum Gasteiger partial charge on any atom is -0.366 e. The van der Waals surface area contributed by atoms with E-state index in [0.717, 1.165) is 17.0 Å². The number of benzene rings is 2. The van der Waals surface area contributed by atoms with Crippen molar-refractivity contribution in [2.75, 3.05) is 5.32 Å². The highest BCUT2D eigenvalue weighted by Crippen LogP contribution is 2.19. The second-order valence-electron chi connectivity index (χ2n) is 4.34. The molecule has 0 radical (unpaired) electrons. The summed E-state index contributed by atoms with van der Waals surface area (Å²) in [7, 11) is 0. The summed E-state index contributed by atoms with van der Waals surface area (Å²) in [6.45, 7) is 0.769. The van der Waals surface area contributed by atoms with Crippen LogP contribution in [-0.4, -0.2) is 4.98 Å². The minimum absolute atomic E-state index is 0.769. The molecule has 0 spiro atoms. The van der Waals surface area contributed by atoms with E-state index in [1.807, 2.05) is 18.2 Å². The van der Waals surface area contributed by atoms with Gasteiger partial charge in [-0.05, 0) is 44.4 Å². The number of hydrogen-bond acceptors (Lipinski definition) is 2. The van der Waals surface area contributed by atoms with Crippen LogP contribution < -0.4 is 5.32 Å². The van der Waals surface area contributed by atoms with Crippen molar-refractivity contribution in [2.24, 2.45) is 0 Å². The zero-order valence-electron chi connectivity index (χ0n) is 10.3. The summed E-state index contributed by atoms with van der Waals surface area (Å²) in [5, 5.41) is 5.91. The Morgan fingerprint density at radius 3 is 2.58 bits per heavy atom. The third-order valence-corrected chi connectivity index (χ3v) is 3.50. The quantitative estimate of drug-likeness (QED) is 0.714. The Kier molecular flexibility index (Phi) is 3.47. The predicted octanol–water partition coefficient (Wildman–Crippen LogP) is 4.61. The number of nitrogens with one attached hydrogen (secondary N) is 1. The number of hydrogen-bond donors (Lipinski definition) is 1. The summed E-state index contributed by atoms with van der Waals surface area (Å²) in [5.41, 5.74) is 1.28. The van der Waals surface area contributed by atoms with Gasteiger partial charge < -0.3 is 5.32 Å². The molecule has 0 saturated carbocycles. The molecule has 0 aliphatic rings. The van der Waals surface area contributed by atoms with Crippen molar-refractivity contribution in [2.45, 2.75) is 6.54 Å². The molecular weight excluding hydrogens is 300 g/mol. The minimum atomic E-state index is 0.769. The fraction of sp³-hybridized carbons (Fsp3) is 0.0625. The van der Waals surface area contributed by atoms with Crippen molar-refractivity contribution < 1.29 is 0 Å². The van der Waals surface area contributed by atoms with Gasteiger partial charge in [0.25, 0.3) is 0 Å². The fourth-order valence-electron chi connectivity index (χ4n) is 2.14. The largest absolute Gasteiger partial charge is 0.366 e. The maximum atomic E-state index is 4.37. The van der Waals surface area contributed by atoms with E-state index in [1.54, 1.807) is 0 Å². The second kappa shape index (κ2) is 5.41. The van der Waals surface area contributed by atoms with E-state index < -0.39 is 0 Å². The first kappa shape index (κ1) is 12.2. The Bertz CT molecular complexity index is 704. The van der Waals surface area contributed by atoms with Gasteiger partial charge in [-0.1, -0.05) is 48.5 Å². The van der Waals surface area contributed by atoms with Gasteiger partial charge in [0, 0.05) is 6.54 Å². The molecule has 3 rings (SSSR count). The van der Waals surface area contributed by atoms with Crippen molar-refractivity contribution in [3.05, 3.63) is 70.8 Å². The fourth-order valence-corrected chi connectivity index (χ4v) is 2.48. The van der Waals surface area contributed by atoms with E-state index in [2.05, 4.69) is 68.7 Å². The summed E-state index contributed by atoms with van der Waals surface area (Å²) >= 11 is 3.38. The number of anilines is 1. The number of fused-ring (bicyclic) bond motifs is 1. The van der Waals surface area contributed by atoms with Crippen LogP contribution in [0.25, 0.3) is 10.8 Å². The Hall–Kier alpha value is -1.87. The molecule has 1 aromatic heterocycles. The summed E-state index contributed by atoms with van der Waals surface area (Å²) in [6.07, 6.45) is 0. The number of nitrogens with zero attached hydrogens (tertiary/aromatic N) is 1. The Labute approximate surface area is 120 Å². The molecule has 2 nitrogen and oxygen atoms in total. The molecule has 2 aromatic carbocycles. The lowest BCUT2D eigenvalue weighted by Crippen LogP contribution is -2.01. The van der Waals surface area contributed by atoms with Gasteiger partial charge in [-0.15, -0.1) is 0 Å². The number of halogens is 1. The summed E-state index contributed by atoms with van der Waals surface area (Å²) < 4.78 is 0.843. The maximum absolute atomic E-state index is 4.37. The average Bonchev–Trinajstić information content (AvgIpc) is 2.45. The van der Waals surface area contributed by atoms with E-state index in [4.69, 9.17) is 0 Å². The molecule has 1 heterocycles. The topological polar surface area (TPSA) is 24.9 Å². The van der Waals surface area contributed by atoms with Crippen LogP contribution in [0.5, 0.6) is 0 Å². The first-order valence-electron chi connectivity index (χ1n) is 6.16. The molecule has 0 fully saturated rings. The van der Waals surface area contributed by atoms with Crippen LogP contribution in [-0.2, 0) is 6.54 Å². The summed E-state index contributed by atoms with van der Waals surface area (Å²) in [4.78, 5) is 4.37. The van der Waals surface area contributed by atoms with E-state index >= 15 is 0 Å². The van der Waals surface area contributed by atoms with Gasteiger partial charge in [0.05, 0.1) is 0 Å². The third-order valence-electron chi connectivity index (χ3n) is 3.06. The zero-order valence-corrected chi connectivity index (χ0v) is 11.9. The lowest BCUT2D eigenvalue weighted by molar-refractivity contribution is 1.11. The monoisotopic (exact) mass is 312 g/mol. The molecule has 3 heteroatoms. The highest BCUT2D eigenvalue weighted by Gasteiger charge is 2.00. The van der Waals surface area contributed by atoms with Crippen LogP contribution in [0.15, 0.2) is 65.3 Å². The number of aromatic nitrogens is 1. The molecule has 3 aromatic rings. The maximum Gasteiger partial charge on any atom is 0.127 e. The summed E-state index contributed by atoms with van der Waals surface area (Å²) in [6, 6.07) is 20.7. The normalized spacial score (nSPS) is 10.6. The molecule has 1 N–H and O–H groups in total. The average molecular weight is 313 g/mol. The zero-order chi connectivity index (χ0) is 13.1. The van der Waals surface area contributed by atoms with Crippen LogP contribution in [0.2, 0.25) is 0 Å². The molecule has 0 aliphatic carbocycles.